The van der Waals surface area contributed by atoms with Gasteiger partial charge in [0.15, 0.2) is 5.88 Å². The summed E-state index contributed by atoms with van der Waals surface area (Å²) >= 11 is 0. The number of rotatable bonds is 3. The van der Waals surface area contributed by atoms with Crippen LogP contribution in [0.5, 0.6) is 0 Å². The van der Waals surface area contributed by atoms with Crippen LogP contribution >= 0.6 is 0 Å². The van der Waals surface area contributed by atoms with Crippen molar-refractivity contribution in [1.82, 2.24) is 4.90 Å². The fraction of sp³-hybridized carbons (Fsp3) is 0.385. The molecule has 2 heterocycles. The number of carbonyl (C=O) groups excluding carboxylic acids is 1. The number of aliphatic carboxylic acids is 1. The van der Waals surface area contributed by atoms with E-state index in [1.165, 1.54) is 6.08 Å². The number of hydrogen-bond donors (Lipinski definition) is 1. The lowest BCUT2D eigenvalue weighted by molar-refractivity contribution is -0.131. The maximum atomic E-state index is 11.2. The minimum atomic E-state index is -1.01. The first-order chi connectivity index (χ1) is 9.06. The predicted molar refractivity (Wildman–Crippen MR) is 69.8 cm³/mol. The van der Waals surface area contributed by atoms with Crippen LogP contribution in [0.4, 0.5) is 5.88 Å². The molecule has 0 radical (unpaired) electrons. The summed E-state index contributed by atoms with van der Waals surface area (Å²) in [5, 5.41) is 8.54. The van der Waals surface area contributed by atoms with E-state index in [0.29, 0.717) is 24.7 Å². The molecule has 1 aliphatic heterocycles. The molecule has 102 valence electrons. The van der Waals surface area contributed by atoms with E-state index in [4.69, 9.17) is 9.52 Å². The summed E-state index contributed by atoms with van der Waals surface area (Å²) in [7, 11) is 0. The standard InChI is InChI=1S/C13H16N2O4/c1-10(16)14-6-8-15(9-7-14)12-4-2-11(19-12)3-5-13(17)18/h2-5H,6-9H2,1H3,(H,17,18)/b5-3+. The van der Waals surface area contributed by atoms with Gasteiger partial charge in [0, 0.05) is 45.2 Å². The van der Waals surface area contributed by atoms with Gasteiger partial charge < -0.3 is 19.3 Å². The maximum absolute atomic E-state index is 11.2. The lowest BCUT2D eigenvalue weighted by Crippen LogP contribution is -2.48. The number of carboxylic acids is 1. The van der Waals surface area contributed by atoms with Crippen molar-refractivity contribution < 1.29 is 19.1 Å². The lowest BCUT2D eigenvalue weighted by atomic mass is 10.3. The molecule has 0 unspecified atom stereocenters. The first-order valence-corrected chi connectivity index (χ1v) is 6.07. The summed E-state index contributed by atoms with van der Waals surface area (Å²) in [6, 6.07) is 3.54. The van der Waals surface area contributed by atoms with Gasteiger partial charge in [0.05, 0.1) is 0 Å². The Morgan fingerprint density at radius 2 is 1.95 bits per heavy atom. The molecule has 6 nitrogen and oxygen atoms in total. The number of carbonyl (C=O) groups is 2. The largest absolute Gasteiger partial charge is 0.478 e. The molecular formula is C13H16N2O4. The number of furan rings is 1. The van der Waals surface area contributed by atoms with E-state index in [1.807, 2.05) is 11.0 Å². The molecule has 1 aromatic rings. The molecule has 0 aromatic carbocycles. The molecule has 0 atom stereocenters. The highest BCUT2D eigenvalue weighted by Crippen LogP contribution is 2.20. The highest BCUT2D eigenvalue weighted by atomic mass is 16.4. The van der Waals surface area contributed by atoms with Gasteiger partial charge in [-0.1, -0.05) is 0 Å². The molecule has 2 rings (SSSR count). The molecule has 0 saturated carbocycles. The van der Waals surface area contributed by atoms with Crippen LogP contribution in [-0.4, -0.2) is 48.1 Å². The predicted octanol–water partition coefficient (Wildman–Crippen LogP) is 1.05. The fourth-order valence-electron chi connectivity index (χ4n) is 2.00. The van der Waals surface area contributed by atoms with Crippen molar-refractivity contribution in [3.63, 3.8) is 0 Å². The molecule has 6 heteroatoms. The molecule has 1 aromatic heterocycles. The summed E-state index contributed by atoms with van der Waals surface area (Å²) < 4.78 is 5.54. The van der Waals surface area contributed by atoms with Gasteiger partial charge in [0.2, 0.25) is 5.91 Å². The van der Waals surface area contributed by atoms with Gasteiger partial charge >= 0.3 is 5.97 Å². The second-order valence-electron chi connectivity index (χ2n) is 4.34. The zero-order chi connectivity index (χ0) is 13.8. The molecular weight excluding hydrogens is 248 g/mol. The van der Waals surface area contributed by atoms with E-state index >= 15 is 0 Å². The minimum absolute atomic E-state index is 0.0872. The Bertz CT molecular complexity index is 498. The normalized spacial score (nSPS) is 16.1. The van der Waals surface area contributed by atoms with Gasteiger partial charge in [0.1, 0.15) is 5.76 Å². The third-order valence-corrected chi connectivity index (χ3v) is 3.04. The van der Waals surface area contributed by atoms with Crippen molar-refractivity contribution in [1.29, 1.82) is 0 Å². The summed E-state index contributed by atoms with van der Waals surface area (Å²) in [4.78, 5) is 25.5. The average molecular weight is 264 g/mol. The first kappa shape index (κ1) is 13.2. The summed E-state index contributed by atoms with van der Waals surface area (Å²) in [5.41, 5.74) is 0. The van der Waals surface area contributed by atoms with E-state index in [2.05, 4.69) is 0 Å². The maximum Gasteiger partial charge on any atom is 0.328 e. The van der Waals surface area contributed by atoms with E-state index in [9.17, 15) is 9.59 Å². The average Bonchev–Trinajstić information content (AvgIpc) is 2.85. The monoisotopic (exact) mass is 264 g/mol. The van der Waals surface area contributed by atoms with Crippen molar-refractivity contribution >= 4 is 23.8 Å². The van der Waals surface area contributed by atoms with Gasteiger partial charge in [-0.3, -0.25) is 4.79 Å². The van der Waals surface area contributed by atoms with Crippen molar-refractivity contribution in [2.24, 2.45) is 0 Å². The van der Waals surface area contributed by atoms with Crippen LogP contribution in [-0.2, 0) is 9.59 Å². The molecule has 1 N–H and O–H groups in total. The van der Waals surface area contributed by atoms with Crippen LogP contribution in [0, 0.1) is 0 Å². The zero-order valence-electron chi connectivity index (χ0n) is 10.7. The van der Waals surface area contributed by atoms with Gasteiger partial charge in [-0.2, -0.15) is 0 Å². The molecule has 1 aliphatic rings. The Morgan fingerprint density at radius 1 is 1.26 bits per heavy atom. The van der Waals surface area contributed by atoms with Gasteiger partial charge in [-0.25, -0.2) is 4.79 Å². The first-order valence-electron chi connectivity index (χ1n) is 6.07. The van der Waals surface area contributed by atoms with Crippen molar-refractivity contribution in [2.45, 2.75) is 6.92 Å². The van der Waals surface area contributed by atoms with E-state index in [1.54, 1.807) is 17.9 Å². The number of anilines is 1. The highest BCUT2D eigenvalue weighted by molar-refractivity contribution is 5.84. The number of amides is 1. The van der Waals surface area contributed by atoms with E-state index < -0.39 is 5.97 Å². The minimum Gasteiger partial charge on any atom is -0.478 e. The molecule has 1 saturated heterocycles. The zero-order valence-corrected chi connectivity index (χ0v) is 10.7. The summed E-state index contributed by atoms with van der Waals surface area (Å²) in [6.45, 7) is 4.36. The Labute approximate surface area is 110 Å². The SMILES string of the molecule is CC(=O)N1CCN(c2ccc(/C=C/C(=O)O)o2)CC1. The molecule has 19 heavy (non-hydrogen) atoms. The Kier molecular flexibility index (Phi) is 3.89. The lowest BCUT2D eigenvalue weighted by Gasteiger charge is -2.33. The van der Waals surface area contributed by atoms with Gasteiger partial charge in [0.25, 0.3) is 0 Å². The molecule has 0 aliphatic carbocycles. The Hall–Kier alpha value is -2.24. The quantitative estimate of drug-likeness (QED) is 0.826. The van der Waals surface area contributed by atoms with Crippen molar-refractivity contribution in [3.05, 3.63) is 24.0 Å². The Balaban J connectivity index is 1.97. The van der Waals surface area contributed by atoms with Crippen LogP contribution in [0.3, 0.4) is 0 Å². The fourth-order valence-corrected chi connectivity index (χ4v) is 2.00. The molecule has 1 fully saturated rings. The van der Waals surface area contributed by atoms with Crippen LogP contribution in [0.25, 0.3) is 6.08 Å². The van der Waals surface area contributed by atoms with Crippen molar-refractivity contribution in [3.8, 4) is 0 Å². The number of piperazine rings is 1. The number of nitrogens with zero attached hydrogens (tertiary/aromatic N) is 2. The van der Waals surface area contributed by atoms with Gasteiger partial charge in [-0.05, 0) is 12.1 Å². The third-order valence-electron chi connectivity index (χ3n) is 3.04. The summed E-state index contributed by atoms with van der Waals surface area (Å²) in [6.07, 6.45) is 2.45. The smallest absolute Gasteiger partial charge is 0.328 e. The molecule has 0 spiro atoms. The molecule has 1 amide bonds. The second-order valence-corrected chi connectivity index (χ2v) is 4.34. The second kappa shape index (κ2) is 5.60. The van der Waals surface area contributed by atoms with Gasteiger partial charge in [-0.15, -0.1) is 0 Å². The Morgan fingerprint density at radius 3 is 2.53 bits per heavy atom. The van der Waals surface area contributed by atoms with Crippen LogP contribution in [0.1, 0.15) is 12.7 Å². The highest BCUT2D eigenvalue weighted by Gasteiger charge is 2.20. The van der Waals surface area contributed by atoms with Crippen molar-refractivity contribution in [2.75, 3.05) is 31.1 Å². The van der Waals surface area contributed by atoms with Crippen LogP contribution < -0.4 is 4.90 Å². The number of hydrogen-bond acceptors (Lipinski definition) is 4. The topological polar surface area (TPSA) is 74.0 Å². The van der Waals surface area contributed by atoms with E-state index in [-0.39, 0.29) is 5.91 Å². The molecule has 0 bridgehead atoms. The van der Waals surface area contributed by atoms with Crippen LogP contribution in [0.15, 0.2) is 22.6 Å². The van der Waals surface area contributed by atoms with Crippen LogP contribution in [0.2, 0.25) is 0 Å². The van der Waals surface area contributed by atoms with E-state index in [0.717, 1.165) is 19.2 Å². The number of carboxylic acid groups (broad SMARTS) is 1. The summed E-state index contributed by atoms with van der Waals surface area (Å²) in [5.74, 6) is 0.289. The third kappa shape index (κ3) is 3.37.